The van der Waals surface area contributed by atoms with E-state index in [-0.39, 0.29) is 42.5 Å². The van der Waals surface area contributed by atoms with E-state index >= 15 is 0 Å². The normalized spacial score (nSPS) is 23.3. The molecule has 1 aliphatic carbocycles. The Morgan fingerprint density at radius 3 is 2.48 bits per heavy atom. The summed E-state index contributed by atoms with van der Waals surface area (Å²) in [6.45, 7) is 2.08. The minimum Gasteiger partial charge on any atom is -0.300 e. The topological polar surface area (TPSA) is 92.3 Å². The average molecular weight is 334 g/mol. The molecule has 0 radical (unpaired) electrons. The SMILES string of the molecule is CCc1nnc(NC(=O)CCN2C(=O)[C@H]3CC=CC[C@H]3C2=O)s1. The van der Waals surface area contributed by atoms with Gasteiger partial charge in [0, 0.05) is 13.0 Å². The van der Waals surface area contributed by atoms with Gasteiger partial charge in [-0.3, -0.25) is 19.3 Å². The van der Waals surface area contributed by atoms with Crippen LogP contribution in [-0.4, -0.2) is 39.4 Å². The fourth-order valence-electron chi connectivity index (χ4n) is 2.93. The van der Waals surface area contributed by atoms with E-state index < -0.39 is 0 Å². The number of carbonyl (C=O) groups excluding carboxylic acids is 3. The third kappa shape index (κ3) is 3.17. The summed E-state index contributed by atoms with van der Waals surface area (Å²) in [4.78, 5) is 37.8. The summed E-state index contributed by atoms with van der Waals surface area (Å²) in [5.41, 5.74) is 0. The molecular formula is C15H18N4O3S. The van der Waals surface area contributed by atoms with E-state index in [4.69, 9.17) is 0 Å². The second-order valence-electron chi connectivity index (χ2n) is 5.64. The number of aromatic nitrogens is 2. The standard InChI is InChI=1S/C15H18N4O3S/c1-2-12-17-18-15(23-12)16-11(20)7-8-19-13(21)9-5-3-4-6-10(9)14(19)22/h3-4,9-10H,2,5-8H2,1H3,(H,16,18,20)/t9-,10+. The Labute approximate surface area is 137 Å². The van der Waals surface area contributed by atoms with Crippen LogP contribution in [0.4, 0.5) is 5.13 Å². The molecule has 1 fully saturated rings. The fourth-order valence-corrected chi connectivity index (χ4v) is 3.63. The van der Waals surface area contributed by atoms with Crippen molar-refractivity contribution in [3.63, 3.8) is 0 Å². The second kappa shape index (κ2) is 6.57. The highest BCUT2D eigenvalue weighted by Crippen LogP contribution is 2.35. The van der Waals surface area contributed by atoms with Crippen molar-refractivity contribution < 1.29 is 14.4 Å². The van der Waals surface area contributed by atoms with Gasteiger partial charge in [0.2, 0.25) is 22.9 Å². The van der Waals surface area contributed by atoms with Gasteiger partial charge in [0.15, 0.2) is 0 Å². The number of amides is 3. The number of fused-ring (bicyclic) bond motifs is 1. The first-order valence-corrected chi connectivity index (χ1v) is 8.54. The highest BCUT2D eigenvalue weighted by Gasteiger charge is 2.46. The molecule has 2 heterocycles. The summed E-state index contributed by atoms with van der Waals surface area (Å²) in [6.07, 6.45) is 5.96. The molecule has 122 valence electrons. The molecule has 1 N–H and O–H groups in total. The van der Waals surface area contributed by atoms with Crippen molar-refractivity contribution in [3.05, 3.63) is 17.2 Å². The lowest BCUT2D eigenvalue weighted by molar-refractivity contribution is -0.140. The maximum Gasteiger partial charge on any atom is 0.233 e. The molecule has 23 heavy (non-hydrogen) atoms. The molecule has 3 amide bonds. The largest absolute Gasteiger partial charge is 0.300 e. The van der Waals surface area contributed by atoms with Gasteiger partial charge in [0.05, 0.1) is 11.8 Å². The van der Waals surface area contributed by atoms with Crippen molar-refractivity contribution in [2.24, 2.45) is 11.8 Å². The van der Waals surface area contributed by atoms with Crippen molar-refractivity contribution in [2.75, 3.05) is 11.9 Å². The van der Waals surface area contributed by atoms with Gasteiger partial charge in [-0.25, -0.2) is 0 Å². The third-order valence-electron chi connectivity index (χ3n) is 4.18. The number of aryl methyl sites for hydroxylation is 1. The molecule has 0 unspecified atom stereocenters. The third-order valence-corrected chi connectivity index (χ3v) is 5.16. The zero-order valence-corrected chi connectivity index (χ0v) is 13.6. The van der Waals surface area contributed by atoms with E-state index in [0.29, 0.717) is 18.0 Å². The second-order valence-corrected chi connectivity index (χ2v) is 6.70. The Morgan fingerprint density at radius 1 is 1.26 bits per heavy atom. The fraction of sp³-hybridized carbons (Fsp3) is 0.533. The molecule has 0 aromatic carbocycles. The van der Waals surface area contributed by atoms with Gasteiger partial charge in [0.25, 0.3) is 0 Å². The summed E-state index contributed by atoms with van der Waals surface area (Å²) < 4.78 is 0. The number of imide groups is 1. The molecule has 1 saturated heterocycles. The molecule has 1 aromatic heterocycles. The first kappa shape index (κ1) is 15.8. The van der Waals surface area contributed by atoms with Crippen molar-refractivity contribution >= 4 is 34.2 Å². The summed E-state index contributed by atoms with van der Waals surface area (Å²) >= 11 is 1.33. The zero-order valence-electron chi connectivity index (χ0n) is 12.8. The van der Waals surface area contributed by atoms with Crippen molar-refractivity contribution in [1.82, 2.24) is 15.1 Å². The minimum atomic E-state index is -0.266. The number of hydrogen-bond acceptors (Lipinski definition) is 6. The number of carbonyl (C=O) groups is 3. The lowest BCUT2D eigenvalue weighted by atomic mass is 9.85. The first-order chi connectivity index (χ1) is 11.1. The van der Waals surface area contributed by atoms with Crippen LogP contribution in [0.2, 0.25) is 0 Å². The summed E-state index contributed by atoms with van der Waals surface area (Å²) in [5.74, 6) is -1.06. The van der Waals surface area contributed by atoms with E-state index in [1.807, 2.05) is 19.1 Å². The maximum absolute atomic E-state index is 12.3. The molecule has 0 saturated carbocycles. The molecule has 7 nitrogen and oxygen atoms in total. The van der Waals surface area contributed by atoms with Crippen LogP contribution < -0.4 is 5.32 Å². The molecule has 2 aliphatic rings. The van der Waals surface area contributed by atoms with E-state index in [1.54, 1.807) is 0 Å². The van der Waals surface area contributed by atoms with E-state index in [2.05, 4.69) is 15.5 Å². The van der Waals surface area contributed by atoms with Gasteiger partial charge in [-0.1, -0.05) is 30.4 Å². The summed E-state index contributed by atoms with van der Waals surface area (Å²) in [7, 11) is 0. The number of anilines is 1. The van der Waals surface area contributed by atoms with Crippen LogP contribution in [-0.2, 0) is 20.8 Å². The smallest absolute Gasteiger partial charge is 0.233 e. The van der Waals surface area contributed by atoms with E-state index in [0.717, 1.165) is 11.4 Å². The van der Waals surface area contributed by atoms with Crippen molar-refractivity contribution in [3.8, 4) is 0 Å². The zero-order chi connectivity index (χ0) is 16.4. The quantitative estimate of drug-likeness (QED) is 0.649. The molecule has 8 heteroatoms. The molecule has 1 aromatic rings. The number of rotatable bonds is 5. The van der Waals surface area contributed by atoms with E-state index in [1.165, 1.54) is 16.2 Å². The molecule has 0 spiro atoms. The molecule has 0 bridgehead atoms. The Morgan fingerprint density at radius 2 is 1.91 bits per heavy atom. The van der Waals surface area contributed by atoms with Crippen LogP contribution >= 0.6 is 11.3 Å². The van der Waals surface area contributed by atoms with Crippen LogP contribution in [0.5, 0.6) is 0 Å². The van der Waals surface area contributed by atoms with Gasteiger partial charge >= 0.3 is 0 Å². The molecular weight excluding hydrogens is 316 g/mol. The monoisotopic (exact) mass is 334 g/mol. The van der Waals surface area contributed by atoms with Gasteiger partial charge in [0.1, 0.15) is 5.01 Å². The van der Waals surface area contributed by atoms with E-state index in [9.17, 15) is 14.4 Å². The summed E-state index contributed by atoms with van der Waals surface area (Å²) in [5, 5.41) is 11.8. The number of nitrogens with zero attached hydrogens (tertiary/aromatic N) is 3. The van der Waals surface area contributed by atoms with Gasteiger partial charge in [-0.2, -0.15) is 0 Å². The maximum atomic E-state index is 12.3. The van der Waals surface area contributed by atoms with Gasteiger partial charge in [-0.15, -0.1) is 10.2 Å². The Hall–Kier alpha value is -2.09. The van der Waals surface area contributed by atoms with Gasteiger partial charge in [-0.05, 0) is 19.3 Å². The highest BCUT2D eigenvalue weighted by atomic mass is 32.1. The Kier molecular flexibility index (Phi) is 4.51. The van der Waals surface area contributed by atoms with Crippen molar-refractivity contribution in [2.45, 2.75) is 32.6 Å². The summed E-state index contributed by atoms with van der Waals surface area (Å²) in [6, 6.07) is 0. The molecule has 3 rings (SSSR count). The van der Waals surface area contributed by atoms with Crippen LogP contribution in [0.15, 0.2) is 12.2 Å². The van der Waals surface area contributed by atoms with Gasteiger partial charge < -0.3 is 5.32 Å². The molecule has 1 aliphatic heterocycles. The highest BCUT2D eigenvalue weighted by molar-refractivity contribution is 7.15. The predicted octanol–water partition coefficient (Wildman–Crippen LogP) is 1.38. The predicted molar refractivity (Wildman–Crippen MR) is 84.6 cm³/mol. The van der Waals surface area contributed by atoms with Crippen LogP contribution in [0.25, 0.3) is 0 Å². The number of nitrogens with one attached hydrogen (secondary N) is 1. The van der Waals surface area contributed by atoms with Crippen LogP contribution in [0.3, 0.4) is 0 Å². The van der Waals surface area contributed by atoms with Crippen LogP contribution in [0, 0.1) is 11.8 Å². The Balaban J connectivity index is 1.54. The lowest BCUT2D eigenvalue weighted by Gasteiger charge is -2.14. The number of hydrogen-bond donors (Lipinski definition) is 1. The number of allylic oxidation sites excluding steroid dienone is 2. The minimum absolute atomic E-state index is 0.0748. The van der Waals surface area contributed by atoms with Crippen molar-refractivity contribution in [1.29, 1.82) is 0 Å². The Bertz CT molecular complexity index is 643. The first-order valence-electron chi connectivity index (χ1n) is 7.72. The van der Waals surface area contributed by atoms with Crippen LogP contribution in [0.1, 0.15) is 31.2 Å². The lowest BCUT2D eigenvalue weighted by Crippen LogP contribution is -2.34. The number of likely N-dealkylation sites (tertiary alicyclic amines) is 1. The molecule has 2 atom stereocenters. The average Bonchev–Trinajstić information content (AvgIpc) is 3.10.